The topological polar surface area (TPSA) is 59.4 Å². The van der Waals surface area contributed by atoms with Crippen molar-refractivity contribution in [2.75, 3.05) is 6.61 Å². The number of rotatable bonds is 6. The molecular formula is C13H13NO3S. The fourth-order valence-corrected chi connectivity index (χ4v) is 2.15. The Kier molecular flexibility index (Phi) is 4.30. The molecule has 0 aliphatic rings. The minimum absolute atomic E-state index is 0.269. The zero-order chi connectivity index (χ0) is 12.8. The van der Waals surface area contributed by atoms with Crippen molar-refractivity contribution in [3.05, 3.63) is 46.4 Å². The summed E-state index contributed by atoms with van der Waals surface area (Å²) in [4.78, 5) is 14.8. The van der Waals surface area contributed by atoms with Crippen LogP contribution in [0.2, 0.25) is 0 Å². The lowest BCUT2D eigenvalue weighted by Crippen LogP contribution is -2.00. The van der Waals surface area contributed by atoms with Gasteiger partial charge < -0.3 is 9.84 Å². The molecule has 2 rings (SSSR count). The molecule has 0 aliphatic carbocycles. The predicted molar refractivity (Wildman–Crippen MR) is 69.3 cm³/mol. The molecule has 5 heteroatoms. The standard InChI is InChI=1S/C13H13NO3S/c15-13(16)10-3-5-11(6-4-10)17-8-1-2-12-14-7-9-18-12/h3-7,9H,1-2,8H2,(H,15,16). The fraction of sp³-hybridized carbons (Fsp3) is 0.231. The minimum Gasteiger partial charge on any atom is -0.494 e. The molecule has 1 aromatic carbocycles. The second-order valence-electron chi connectivity index (χ2n) is 3.71. The average Bonchev–Trinajstić information content (AvgIpc) is 2.88. The third-order valence-corrected chi connectivity index (χ3v) is 3.23. The molecule has 4 nitrogen and oxygen atoms in total. The van der Waals surface area contributed by atoms with Crippen molar-refractivity contribution in [1.82, 2.24) is 4.98 Å². The van der Waals surface area contributed by atoms with Gasteiger partial charge in [-0.15, -0.1) is 11.3 Å². The number of hydrogen-bond acceptors (Lipinski definition) is 4. The van der Waals surface area contributed by atoms with Gasteiger partial charge in [0.15, 0.2) is 0 Å². The molecule has 1 N–H and O–H groups in total. The first-order valence-corrected chi connectivity index (χ1v) is 6.48. The van der Waals surface area contributed by atoms with E-state index in [0.717, 1.165) is 17.8 Å². The molecule has 0 radical (unpaired) electrons. The molecule has 0 saturated carbocycles. The summed E-state index contributed by atoms with van der Waals surface area (Å²) in [6, 6.07) is 6.43. The molecular weight excluding hydrogens is 250 g/mol. The van der Waals surface area contributed by atoms with Crippen molar-refractivity contribution in [1.29, 1.82) is 0 Å². The van der Waals surface area contributed by atoms with E-state index in [4.69, 9.17) is 9.84 Å². The first kappa shape index (κ1) is 12.6. The number of carboxylic acids is 1. The van der Waals surface area contributed by atoms with Gasteiger partial charge in [-0.05, 0) is 30.7 Å². The third kappa shape index (κ3) is 3.56. The quantitative estimate of drug-likeness (QED) is 0.814. The van der Waals surface area contributed by atoms with Crippen LogP contribution in [-0.4, -0.2) is 22.7 Å². The normalized spacial score (nSPS) is 10.2. The van der Waals surface area contributed by atoms with Gasteiger partial charge in [0.2, 0.25) is 0 Å². The van der Waals surface area contributed by atoms with Crippen molar-refractivity contribution >= 4 is 17.3 Å². The van der Waals surface area contributed by atoms with Crippen molar-refractivity contribution < 1.29 is 14.6 Å². The van der Waals surface area contributed by atoms with Crippen LogP contribution in [-0.2, 0) is 6.42 Å². The Bertz CT molecular complexity index is 493. The van der Waals surface area contributed by atoms with E-state index in [1.54, 1.807) is 41.8 Å². The zero-order valence-electron chi connectivity index (χ0n) is 9.70. The average molecular weight is 263 g/mol. The highest BCUT2D eigenvalue weighted by atomic mass is 32.1. The Morgan fingerprint density at radius 3 is 2.72 bits per heavy atom. The second-order valence-corrected chi connectivity index (χ2v) is 4.69. The number of ether oxygens (including phenoxy) is 1. The lowest BCUT2D eigenvalue weighted by atomic mass is 10.2. The molecule has 1 aromatic heterocycles. The molecule has 18 heavy (non-hydrogen) atoms. The summed E-state index contributed by atoms with van der Waals surface area (Å²) in [5, 5.41) is 11.8. The maximum absolute atomic E-state index is 10.7. The third-order valence-electron chi connectivity index (χ3n) is 2.39. The van der Waals surface area contributed by atoms with E-state index in [1.807, 2.05) is 5.38 Å². The summed E-state index contributed by atoms with van der Waals surface area (Å²) in [5.74, 6) is -0.232. The highest BCUT2D eigenvalue weighted by molar-refractivity contribution is 7.09. The first-order valence-electron chi connectivity index (χ1n) is 5.60. The first-order chi connectivity index (χ1) is 8.75. The smallest absolute Gasteiger partial charge is 0.335 e. The lowest BCUT2D eigenvalue weighted by Gasteiger charge is -2.05. The molecule has 0 atom stereocenters. The van der Waals surface area contributed by atoms with Crippen LogP contribution >= 0.6 is 11.3 Å². The van der Waals surface area contributed by atoms with Crippen LogP contribution in [0, 0.1) is 0 Å². The summed E-state index contributed by atoms with van der Waals surface area (Å²) in [5.41, 5.74) is 0.269. The van der Waals surface area contributed by atoms with E-state index < -0.39 is 5.97 Å². The van der Waals surface area contributed by atoms with E-state index in [9.17, 15) is 4.79 Å². The van der Waals surface area contributed by atoms with Gasteiger partial charge >= 0.3 is 5.97 Å². The van der Waals surface area contributed by atoms with Crippen molar-refractivity contribution in [3.63, 3.8) is 0 Å². The summed E-state index contributed by atoms with van der Waals surface area (Å²) in [7, 11) is 0. The molecule has 0 unspecified atom stereocenters. The maximum Gasteiger partial charge on any atom is 0.335 e. The van der Waals surface area contributed by atoms with E-state index in [-0.39, 0.29) is 5.56 Å². The van der Waals surface area contributed by atoms with Crippen molar-refractivity contribution in [2.45, 2.75) is 12.8 Å². The van der Waals surface area contributed by atoms with Crippen LogP contribution in [0.3, 0.4) is 0 Å². The molecule has 0 saturated heterocycles. The number of thiazole rings is 1. The Morgan fingerprint density at radius 2 is 2.11 bits per heavy atom. The van der Waals surface area contributed by atoms with Gasteiger partial charge in [0.25, 0.3) is 0 Å². The molecule has 2 aromatic rings. The zero-order valence-corrected chi connectivity index (χ0v) is 10.5. The number of carbonyl (C=O) groups is 1. The van der Waals surface area contributed by atoms with Gasteiger partial charge in [-0.3, -0.25) is 0 Å². The number of aromatic carboxylic acids is 1. The summed E-state index contributed by atoms with van der Waals surface area (Å²) >= 11 is 1.64. The summed E-state index contributed by atoms with van der Waals surface area (Å²) in [6.07, 6.45) is 3.60. The molecule has 0 bridgehead atoms. The number of aromatic nitrogens is 1. The van der Waals surface area contributed by atoms with E-state index >= 15 is 0 Å². The van der Waals surface area contributed by atoms with Crippen LogP contribution in [0.1, 0.15) is 21.8 Å². The molecule has 0 spiro atoms. The number of carboxylic acid groups (broad SMARTS) is 1. The number of benzene rings is 1. The summed E-state index contributed by atoms with van der Waals surface area (Å²) < 4.78 is 5.52. The van der Waals surface area contributed by atoms with Crippen LogP contribution < -0.4 is 4.74 Å². The fourth-order valence-electron chi connectivity index (χ4n) is 1.48. The van der Waals surface area contributed by atoms with Crippen LogP contribution in [0.5, 0.6) is 5.75 Å². The largest absolute Gasteiger partial charge is 0.494 e. The van der Waals surface area contributed by atoms with Crippen molar-refractivity contribution in [2.24, 2.45) is 0 Å². The van der Waals surface area contributed by atoms with Crippen LogP contribution in [0.25, 0.3) is 0 Å². The highest BCUT2D eigenvalue weighted by Crippen LogP contribution is 2.13. The van der Waals surface area contributed by atoms with Gasteiger partial charge in [-0.2, -0.15) is 0 Å². The Labute approximate surface area is 109 Å². The monoisotopic (exact) mass is 263 g/mol. The number of nitrogens with zero attached hydrogens (tertiary/aromatic N) is 1. The van der Waals surface area contributed by atoms with Crippen molar-refractivity contribution in [3.8, 4) is 5.75 Å². The van der Waals surface area contributed by atoms with E-state index in [1.165, 1.54) is 0 Å². The predicted octanol–water partition coefficient (Wildman–Crippen LogP) is 2.85. The van der Waals surface area contributed by atoms with Crippen LogP contribution in [0.15, 0.2) is 35.8 Å². The highest BCUT2D eigenvalue weighted by Gasteiger charge is 2.02. The van der Waals surface area contributed by atoms with Gasteiger partial charge in [0, 0.05) is 18.0 Å². The van der Waals surface area contributed by atoms with Crippen LogP contribution in [0.4, 0.5) is 0 Å². The Morgan fingerprint density at radius 1 is 1.33 bits per heavy atom. The second kappa shape index (κ2) is 6.16. The molecule has 0 aliphatic heterocycles. The lowest BCUT2D eigenvalue weighted by molar-refractivity contribution is 0.0697. The van der Waals surface area contributed by atoms with E-state index in [2.05, 4.69) is 4.98 Å². The molecule has 0 amide bonds. The molecule has 0 fully saturated rings. The van der Waals surface area contributed by atoms with Gasteiger partial charge in [-0.1, -0.05) is 0 Å². The number of aryl methyl sites for hydroxylation is 1. The van der Waals surface area contributed by atoms with Gasteiger partial charge in [0.1, 0.15) is 5.75 Å². The maximum atomic E-state index is 10.7. The minimum atomic E-state index is -0.926. The Balaban J connectivity index is 1.75. The van der Waals surface area contributed by atoms with Gasteiger partial charge in [-0.25, -0.2) is 9.78 Å². The molecule has 94 valence electrons. The summed E-state index contributed by atoms with van der Waals surface area (Å²) in [6.45, 7) is 0.603. The SMILES string of the molecule is O=C(O)c1ccc(OCCCc2nccs2)cc1. The van der Waals surface area contributed by atoms with Gasteiger partial charge in [0.05, 0.1) is 17.2 Å². The number of hydrogen-bond donors (Lipinski definition) is 1. The van der Waals surface area contributed by atoms with E-state index in [0.29, 0.717) is 12.4 Å². The Hall–Kier alpha value is -1.88. The molecule has 1 heterocycles.